The van der Waals surface area contributed by atoms with E-state index in [0.29, 0.717) is 12.2 Å². The lowest BCUT2D eigenvalue weighted by molar-refractivity contribution is 0.202. The molecular weight excluding hydrogens is 350 g/mol. The van der Waals surface area contributed by atoms with Crippen LogP contribution in [0.1, 0.15) is 29.7 Å². The lowest BCUT2D eigenvalue weighted by atomic mass is 9.86. The fourth-order valence-electron chi connectivity index (χ4n) is 3.39. The van der Waals surface area contributed by atoms with Gasteiger partial charge in [-0.3, -0.25) is 4.79 Å². The summed E-state index contributed by atoms with van der Waals surface area (Å²) in [6, 6.07) is 25.0. The van der Waals surface area contributed by atoms with Gasteiger partial charge >= 0.3 is 6.03 Å². The van der Waals surface area contributed by atoms with Crippen LogP contribution in [0.2, 0.25) is 0 Å². The number of benzene rings is 2. The SMILES string of the molecule is CC(NC(=O)N(C)Cc1cccc(=O)[nH]1)C(c1ccccc1)c1ccccc1. The molecule has 1 atom stereocenters. The summed E-state index contributed by atoms with van der Waals surface area (Å²) in [7, 11) is 1.72. The van der Waals surface area contributed by atoms with Gasteiger partial charge in [-0.2, -0.15) is 0 Å². The van der Waals surface area contributed by atoms with Gasteiger partial charge < -0.3 is 15.2 Å². The minimum Gasteiger partial charge on any atom is -0.335 e. The van der Waals surface area contributed by atoms with Crippen molar-refractivity contribution in [3.63, 3.8) is 0 Å². The molecule has 0 saturated carbocycles. The van der Waals surface area contributed by atoms with Gasteiger partial charge in [-0.25, -0.2) is 4.79 Å². The van der Waals surface area contributed by atoms with Crippen LogP contribution in [0.5, 0.6) is 0 Å². The highest BCUT2D eigenvalue weighted by molar-refractivity contribution is 5.74. The summed E-state index contributed by atoms with van der Waals surface area (Å²) in [5.74, 6) is 0.0382. The summed E-state index contributed by atoms with van der Waals surface area (Å²) in [6.07, 6.45) is 0. The fraction of sp³-hybridized carbons (Fsp3) is 0.217. The van der Waals surface area contributed by atoms with E-state index in [2.05, 4.69) is 34.6 Å². The summed E-state index contributed by atoms with van der Waals surface area (Å²) in [5.41, 5.74) is 2.82. The molecule has 0 aliphatic rings. The van der Waals surface area contributed by atoms with E-state index in [9.17, 15) is 9.59 Å². The molecule has 1 aromatic heterocycles. The standard InChI is InChI=1S/C23H25N3O2/c1-17(24-23(28)26(2)16-20-14-9-15-21(27)25-20)22(18-10-5-3-6-11-18)19-12-7-4-8-13-19/h3-15,17,22H,16H2,1-2H3,(H,24,28)(H,25,27). The first-order chi connectivity index (χ1) is 13.5. The number of aromatic nitrogens is 1. The zero-order chi connectivity index (χ0) is 19.9. The second-order valence-electron chi connectivity index (χ2n) is 6.93. The largest absolute Gasteiger partial charge is 0.335 e. The van der Waals surface area contributed by atoms with Gasteiger partial charge in [0.15, 0.2) is 0 Å². The number of urea groups is 1. The van der Waals surface area contributed by atoms with Gasteiger partial charge in [-0.15, -0.1) is 0 Å². The Morgan fingerprint density at radius 1 is 0.929 bits per heavy atom. The Labute approximate surface area is 165 Å². The molecule has 2 amide bonds. The number of carbonyl (C=O) groups excluding carboxylic acids is 1. The first-order valence-corrected chi connectivity index (χ1v) is 9.34. The highest BCUT2D eigenvalue weighted by Gasteiger charge is 2.24. The van der Waals surface area contributed by atoms with Gasteiger partial charge in [0.1, 0.15) is 0 Å². The lowest BCUT2D eigenvalue weighted by Crippen LogP contribution is -2.44. The highest BCUT2D eigenvalue weighted by Crippen LogP contribution is 2.28. The average molecular weight is 375 g/mol. The van der Waals surface area contributed by atoms with E-state index in [1.54, 1.807) is 24.1 Å². The van der Waals surface area contributed by atoms with E-state index in [-0.39, 0.29) is 23.6 Å². The van der Waals surface area contributed by atoms with Crippen molar-refractivity contribution in [2.75, 3.05) is 7.05 Å². The van der Waals surface area contributed by atoms with E-state index in [0.717, 1.165) is 11.1 Å². The number of H-pyrrole nitrogens is 1. The molecule has 2 N–H and O–H groups in total. The molecule has 1 unspecified atom stereocenters. The molecule has 28 heavy (non-hydrogen) atoms. The molecule has 1 heterocycles. The molecule has 0 fully saturated rings. The predicted molar refractivity (Wildman–Crippen MR) is 111 cm³/mol. The Bertz CT molecular complexity index is 915. The third kappa shape index (κ3) is 4.88. The molecular formula is C23H25N3O2. The minimum atomic E-state index is -0.186. The number of pyridine rings is 1. The topological polar surface area (TPSA) is 65.2 Å². The van der Waals surface area contributed by atoms with Crippen molar-refractivity contribution >= 4 is 6.03 Å². The summed E-state index contributed by atoms with van der Waals surface area (Å²) in [6.45, 7) is 2.34. The van der Waals surface area contributed by atoms with Crippen LogP contribution < -0.4 is 10.9 Å². The van der Waals surface area contributed by atoms with Crippen LogP contribution in [-0.2, 0) is 6.54 Å². The molecule has 0 spiro atoms. The van der Waals surface area contributed by atoms with Gasteiger partial charge in [0, 0.05) is 30.8 Å². The molecule has 3 aromatic rings. The second-order valence-corrected chi connectivity index (χ2v) is 6.93. The van der Waals surface area contributed by atoms with E-state index >= 15 is 0 Å². The maximum atomic E-state index is 12.7. The van der Waals surface area contributed by atoms with Crippen LogP contribution in [0.25, 0.3) is 0 Å². The Morgan fingerprint density at radius 3 is 2.04 bits per heavy atom. The van der Waals surface area contributed by atoms with Crippen molar-refractivity contribution in [3.8, 4) is 0 Å². The molecule has 0 bridgehead atoms. The van der Waals surface area contributed by atoms with Gasteiger partial charge in [0.25, 0.3) is 0 Å². The highest BCUT2D eigenvalue weighted by atomic mass is 16.2. The van der Waals surface area contributed by atoms with Gasteiger partial charge in [-0.05, 0) is 24.1 Å². The first-order valence-electron chi connectivity index (χ1n) is 9.34. The molecule has 0 saturated heterocycles. The summed E-state index contributed by atoms with van der Waals surface area (Å²) in [5, 5.41) is 3.11. The smallest absolute Gasteiger partial charge is 0.317 e. The van der Waals surface area contributed by atoms with Crippen molar-refractivity contribution < 1.29 is 4.79 Å². The van der Waals surface area contributed by atoms with Gasteiger partial charge in [-0.1, -0.05) is 66.7 Å². The van der Waals surface area contributed by atoms with Crippen LogP contribution in [-0.4, -0.2) is 29.0 Å². The molecule has 0 aliphatic carbocycles. The summed E-state index contributed by atoms with van der Waals surface area (Å²) >= 11 is 0. The number of nitrogens with zero attached hydrogens (tertiary/aromatic N) is 1. The van der Waals surface area contributed by atoms with Crippen LogP contribution >= 0.6 is 0 Å². The minimum absolute atomic E-state index is 0.0382. The molecule has 5 nitrogen and oxygen atoms in total. The molecule has 0 radical (unpaired) electrons. The van der Waals surface area contributed by atoms with Crippen molar-refractivity contribution in [3.05, 3.63) is 106 Å². The fourth-order valence-corrected chi connectivity index (χ4v) is 3.39. The van der Waals surface area contributed by atoms with E-state index in [1.165, 1.54) is 6.07 Å². The van der Waals surface area contributed by atoms with Gasteiger partial charge in [0.05, 0.1) is 6.54 Å². The number of carbonyl (C=O) groups is 1. The van der Waals surface area contributed by atoms with Crippen LogP contribution in [0.4, 0.5) is 4.79 Å². The first kappa shape index (κ1) is 19.4. The van der Waals surface area contributed by atoms with Crippen LogP contribution in [0.15, 0.2) is 83.7 Å². The average Bonchev–Trinajstić information content (AvgIpc) is 2.70. The monoisotopic (exact) mass is 375 g/mol. The molecule has 2 aromatic carbocycles. The molecule has 3 rings (SSSR count). The van der Waals surface area contributed by atoms with Crippen LogP contribution in [0, 0.1) is 0 Å². The second kappa shape index (κ2) is 9.04. The van der Waals surface area contributed by atoms with Crippen molar-refractivity contribution in [2.24, 2.45) is 0 Å². The van der Waals surface area contributed by atoms with E-state index in [4.69, 9.17) is 0 Å². The number of nitrogens with one attached hydrogen (secondary N) is 2. The normalized spacial score (nSPS) is 11.8. The number of rotatable bonds is 6. The molecule has 0 aliphatic heterocycles. The van der Waals surface area contributed by atoms with Gasteiger partial charge in [0.2, 0.25) is 5.56 Å². The Morgan fingerprint density at radius 2 is 1.50 bits per heavy atom. The maximum absolute atomic E-state index is 12.7. The number of aromatic amines is 1. The van der Waals surface area contributed by atoms with E-state index in [1.807, 2.05) is 43.3 Å². The number of hydrogen-bond acceptors (Lipinski definition) is 2. The zero-order valence-electron chi connectivity index (χ0n) is 16.1. The number of hydrogen-bond donors (Lipinski definition) is 2. The lowest BCUT2D eigenvalue weighted by Gasteiger charge is -2.28. The molecule has 5 heteroatoms. The van der Waals surface area contributed by atoms with Crippen molar-refractivity contribution in [2.45, 2.75) is 25.4 Å². The third-order valence-corrected chi connectivity index (χ3v) is 4.75. The number of amides is 2. The van der Waals surface area contributed by atoms with Crippen molar-refractivity contribution in [1.82, 2.24) is 15.2 Å². The van der Waals surface area contributed by atoms with Crippen LogP contribution in [0.3, 0.4) is 0 Å². The molecule has 144 valence electrons. The zero-order valence-corrected chi connectivity index (χ0v) is 16.1. The Kier molecular flexibility index (Phi) is 6.27. The van der Waals surface area contributed by atoms with Crippen molar-refractivity contribution in [1.29, 1.82) is 0 Å². The predicted octanol–water partition coefficient (Wildman–Crippen LogP) is 3.74. The Balaban J connectivity index is 1.75. The third-order valence-electron chi connectivity index (χ3n) is 4.75. The van der Waals surface area contributed by atoms with E-state index < -0.39 is 0 Å². The quantitative estimate of drug-likeness (QED) is 0.689. The summed E-state index contributed by atoms with van der Waals surface area (Å²) < 4.78 is 0. The maximum Gasteiger partial charge on any atom is 0.317 e. The summed E-state index contributed by atoms with van der Waals surface area (Å²) in [4.78, 5) is 28.5. The Hall–Kier alpha value is -3.34.